The zero-order valence-electron chi connectivity index (χ0n) is 21.6. The van der Waals surface area contributed by atoms with Crippen LogP contribution in [0.4, 0.5) is 0 Å². The molecule has 0 bridgehead atoms. The third kappa shape index (κ3) is 6.76. The van der Waals surface area contributed by atoms with Crippen LogP contribution in [0.2, 0.25) is 0 Å². The quantitative estimate of drug-likeness (QED) is 0.301. The predicted octanol–water partition coefficient (Wildman–Crippen LogP) is 4.07. The third-order valence-corrected chi connectivity index (χ3v) is 6.46. The minimum Gasteiger partial charge on any atom is -0.361 e. The van der Waals surface area contributed by atoms with Crippen LogP contribution < -0.4 is 10.6 Å². The lowest BCUT2D eigenvalue weighted by atomic mass is 10.0. The van der Waals surface area contributed by atoms with Crippen LogP contribution in [0.5, 0.6) is 0 Å². The zero-order valence-corrected chi connectivity index (χ0v) is 21.6. The summed E-state index contributed by atoms with van der Waals surface area (Å²) in [5.74, 6) is -0.957. The van der Waals surface area contributed by atoms with E-state index in [0.29, 0.717) is 12.8 Å². The number of rotatable bonds is 10. The minimum atomic E-state index is -0.798. The molecular weight excluding hydrogens is 476 g/mol. The fourth-order valence-corrected chi connectivity index (χ4v) is 4.48. The average Bonchev–Trinajstić information content (AvgIpc) is 3.34. The van der Waals surface area contributed by atoms with Crippen molar-refractivity contribution >= 4 is 34.7 Å². The molecule has 7 heteroatoms. The maximum atomic E-state index is 13.6. The van der Waals surface area contributed by atoms with E-state index < -0.39 is 12.1 Å². The van der Waals surface area contributed by atoms with Gasteiger partial charge in [0.25, 0.3) is 0 Å². The molecule has 0 aliphatic carbocycles. The van der Waals surface area contributed by atoms with Gasteiger partial charge in [-0.1, -0.05) is 78.9 Å². The molecule has 0 aliphatic rings. The Balaban J connectivity index is 1.54. The van der Waals surface area contributed by atoms with Crippen LogP contribution in [0.1, 0.15) is 23.6 Å². The summed E-state index contributed by atoms with van der Waals surface area (Å²) < 4.78 is 0. The molecule has 194 valence electrons. The molecule has 3 amide bonds. The topological polar surface area (TPSA) is 94.3 Å². The largest absolute Gasteiger partial charge is 0.361 e. The second-order valence-electron chi connectivity index (χ2n) is 9.23. The fourth-order valence-electron chi connectivity index (χ4n) is 4.48. The molecule has 0 spiro atoms. The van der Waals surface area contributed by atoms with Crippen LogP contribution in [0.15, 0.2) is 97.3 Å². The molecule has 1 aromatic heterocycles. The lowest BCUT2D eigenvalue weighted by Gasteiger charge is -2.30. The molecule has 0 radical (unpaired) electrons. The predicted molar refractivity (Wildman–Crippen MR) is 150 cm³/mol. The Bertz CT molecular complexity index is 1410. The van der Waals surface area contributed by atoms with Crippen LogP contribution in [-0.2, 0) is 27.2 Å². The Labute approximate surface area is 222 Å². The zero-order chi connectivity index (χ0) is 26.9. The number of benzene rings is 3. The van der Waals surface area contributed by atoms with E-state index in [1.54, 1.807) is 13.2 Å². The van der Waals surface area contributed by atoms with Gasteiger partial charge in [-0.15, -0.1) is 0 Å². The first-order valence-electron chi connectivity index (χ1n) is 12.6. The van der Waals surface area contributed by atoms with Crippen LogP contribution >= 0.6 is 0 Å². The van der Waals surface area contributed by atoms with E-state index in [1.165, 1.54) is 11.8 Å². The molecular formula is C31H32N4O3. The van der Waals surface area contributed by atoms with Crippen molar-refractivity contribution in [2.24, 2.45) is 0 Å². The maximum absolute atomic E-state index is 13.6. The van der Waals surface area contributed by atoms with E-state index in [0.717, 1.165) is 27.6 Å². The highest BCUT2D eigenvalue weighted by atomic mass is 16.2. The fraction of sp³-hybridized carbons (Fsp3) is 0.194. The van der Waals surface area contributed by atoms with E-state index in [4.69, 9.17) is 0 Å². The summed E-state index contributed by atoms with van der Waals surface area (Å²) >= 11 is 0. The summed E-state index contributed by atoms with van der Waals surface area (Å²) in [4.78, 5) is 43.7. The Hall–Kier alpha value is -4.65. The van der Waals surface area contributed by atoms with Crippen LogP contribution in [-0.4, -0.2) is 46.7 Å². The summed E-state index contributed by atoms with van der Waals surface area (Å²) in [5.41, 5.74) is 3.79. The molecule has 7 nitrogen and oxygen atoms in total. The van der Waals surface area contributed by atoms with Gasteiger partial charge in [-0.05, 0) is 23.3 Å². The first-order chi connectivity index (χ1) is 18.4. The van der Waals surface area contributed by atoms with Gasteiger partial charge in [0.2, 0.25) is 17.7 Å². The number of H-pyrrole nitrogens is 1. The summed E-state index contributed by atoms with van der Waals surface area (Å²) in [5, 5.41) is 6.67. The van der Waals surface area contributed by atoms with Gasteiger partial charge >= 0.3 is 0 Å². The molecule has 0 fully saturated rings. The van der Waals surface area contributed by atoms with Crippen molar-refractivity contribution in [2.75, 3.05) is 7.05 Å². The van der Waals surface area contributed by atoms with Gasteiger partial charge in [-0.25, -0.2) is 0 Å². The van der Waals surface area contributed by atoms with Crippen molar-refractivity contribution in [3.8, 4) is 0 Å². The minimum absolute atomic E-state index is 0.307. The molecule has 38 heavy (non-hydrogen) atoms. The highest BCUT2D eigenvalue weighted by molar-refractivity contribution is 5.93. The van der Waals surface area contributed by atoms with Crippen LogP contribution in [0.25, 0.3) is 17.0 Å². The summed E-state index contributed by atoms with van der Waals surface area (Å²) in [6.07, 6.45) is 5.96. The van der Waals surface area contributed by atoms with Gasteiger partial charge in [-0.2, -0.15) is 0 Å². The van der Waals surface area contributed by atoms with Crippen molar-refractivity contribution in [1.82, 2.24) is 20.5 Å². The molecule has 3 N–H and O–H groups in total. The molecule has 0 saturated carbocycles. The summed E-state index contributed by atoms with van der Waals surface area (Å²) in [6.45, 7) is 1.38. The number of nitrogens with one attached hydrogen (secondary N) is 3. The second kappa shape index (κ2) is 12.5. The lowest BCUT2D eigenvalue weighted by molar-refractivity contribution is -0.141. The first-order valence-corrected chi connectivity index (χ1v) is 12.6. The smallest absolute Gasteiger partial charge is 0.247 e. The van der Waals surface area contributed by atoms with Gasteiger partial charge in [0, 0.05) is 55.7 Å². The third-order valence-electron chi connectivity index (χ3n) is 6.46. The standard InChI is InChI=1S/C31H32N4O3/c1-22(36)34-28(19-23-11-5-3-6-12-23)31(38)35(2)29(20-24-13-7-4-8-14-24)30(37)32-18-17-25-21-33-27-16-10-9-15-26(25)27/h3-18,21,28-29,33H,19-20H2,1-2H3,(H,32,37)(H,34,36). The maximum Gasteiger partial charge on any atom is 0.247 e. The van der Waals surface area contributed by atoms with Gasteiger partial charge in [-0.3, -0.25) is 14.4 Å². The summed E-state index contributed by atoms with van der Waals surface area (Å²) in [6, 6.07) is 25.4. The SMILES string of the molecule is CC(=O)NC(Cc1ccccc1)C(=O)N(C)C(Cc1ccccc1)C(=O)NC=Cc1c[nH]c2ccccc12. The first kappa shape index (κ1) is 26.4. The number of aromatic amines is 1. The molecule has 2 atom stereocenters. The van der Waals surface area contributed by atoms with Gasteiger partial charge in [0.05, 0.1) is 0 Å². The number of hydrogen-bond acceptors (Lipinski definition) is 3. The van der Waals surface area contributed by atoms with Crippen molar-refractivity contribution in [3.63, 3.8) is 0 Å². The van der Waals surface area contributed by atoms with Crippen molar-refractivity contribution < 1.29 is 14.4 Å². The van der Waals surface area contributed by atoms with Crippen molar-refractivity contribution in [1.29, 1.82) is 0 Å². The number of carbonyl (C=O) groups is 3. The van der Waals surface area contributed by atoms with Gasteiger partial charge in [0.1, 0.15) is 12.1 Å². The number of amides is 3. The molecule has 1 heterocycles. The monoisotopic (exact) mass is 508 g/mol. The molecule has 3 aromatic carbocycles. The van der Waals surface area contributed by atoms with E-state index in [-0.39, 0.29) is 17.7 Å². The van der Waals surface area contributed by atoms with Crippen LogP contribution in [0, 0.1) is 0 Å². The second-order valence-corrected chi connectivity index (χ2v) is 9.23. The molecule has 4 aromatic rings. The summed E-state index contributed by atoms with van der Waals surface area (Å²) in [7, 11) is 1.61. The van der Waals surface area contributed by atoms with Gasteiger partial charge < -0.3 is 20.5 Å². The molecule has 0 saturated heterocycles. The Morgan fingerprint density at radius 2 is 1.47 bits per heavy atom. The lowest BCUT2D eigenvalue weighted by Crippen LogP contribution is -2.55. The number of fused-ring (bicyclic) bond motifs is 1. The molecule has 0 aliphatic heterocycles. The van der Waals surface area contributed by atoms with E-state index in [2.05, 4.69) is 15.6 Å². The Morgan fingerprint density at radius 3 is 2.13 bits per heavy atom. The highest BCUT2D eigenvalue weighted by Gasteiger charge is 2.31. The van der Waals surface area contributed by atoms with E-state index in [1.807, 2.05) is 97.2 Å². The normalized spacial score (nSPS) is 12.7. The molecule has 4 rings (SSSR count). The Kier molecular flexibility index (Phi) is 8.72. The number of hydrogen-bond donors (Lipinski definition) is 3. The van der Waals surface area contributed by atoms with E-state index in [9.17, 15) is 14.4 Å². The number of carbonyl (C=O) groups excluding carboxylic acids is 3. The number of para-hydroxylation sites is 1. The van der Waals surface area contributed by atoms with Crippen molar-refractivity contribution in [2.45, 2.75) is 31.8 Å². The average molecular weight is 509 g/mol. The Morgan fingerprint density at radius 1 is 0.868 bits per heavy atom. The number of likely N-dealkylation sites (N-methyl/N-ethyl adjacent to an activating group) is 1. The van der Waals surface area contributed by atoms with Crippen LogP contribution in [0.3, 0.4) is 0 Å². The van der Waals surface area contributed by atoms with E-state index >= 15 is 0 Å². The number of aromatic nitrogens is 1. The highest BCUT2D eigenvalue weighted by Crippen LogP contribution is 2.19. The number of nitrogens with zero attached hydrogens (tertiary/aromatic N) is 1. The molecule has 2 unspecified atom stereocenters. The van der Waals surface area contributed by atoms with Crippen molar-refractivity contribution in [3.05, 3.63) is 114 Å². The van der Waals surface area contributed by atoms with Gasteiger partial charge in [0.15, 0.2) is 0 Å².